The Labute approximate surface area is 188 Å². The maximum absolute atomic E-state index is 12.1. The van der Waals surface area contributed by atoms with Crippen LogP contribution in [0.4, 0.5) is 11.4 Å². The van der Waals surface area contributed by atoms with Gasteiger partial charge in [-0.1, -0.05) is 18.7 Å². The van der Waals surface area contributed by atoms with Gasteiger partial charge in [-0.2, -0.15) is 0 Å². The Morgan fingerprint density at radius 3 is 2.38 bits per heavy atom. The maximum Gasteiger partial charge on any atom is 0.251 e. The number of carbonyl (C=O) groups is 1. The zero-order chi connectivity index (χ0) is 22.3. The zero-order valence-electron chi connectivity index (χ0n) is 18.1. The molecule has 2 aliphatic rings. The van der Waals surface area contributed by atoms with E-state index in [-0.39, 0.29) is 5.91 Å². The molecule has 1 aliphatic heterocycles. The average molecular weight is 432 g/mol. The quantitative estimate of drug-likeness (QED) is 0.558. The Morgan fingerprint density at radius 1 is 1.06 bits per heavy atom. The van der Waals surface area contributed by atoms with Crippen LogP contribution >= 0.6 is 0 Å². The van der Waals surface area contributed by atoms with Gasteiger partial charge in [0.2, 0.25) is 0 Å². The van der Waals surface area contributed by atoms with Gasteiger partial charge in [-0.05, 0) is 60.9 Å². The molecule has 2 aromatic carbocycles. The molecule has 1 saturated carbocycles. The van der Waals surface area contributed by atoms with Gasteiger partial charge in [0.05, 0.1) is 13.2 Å². The number of anilines is 2. The fourth-order valence-corrected chi connectivity index (χ4v) is 3.39. The van der Waals surface area contributed by atoms with Gasteiger partial charge in [0.15, 0.2) is 0 Å². The summed E-state index contributed by atoms with van der Waals surface area (Å²) in [5, 5.41) is 6.15. The van der Waals surface area contributed by atoms with Gasteiger partial charge in [0.1, 0.15) is 5.82 Å². The number of benzene rings is 2. The van der Waals surface area contributed by atoms with Gasteiger partial charge in [-0.3, -0.25) is 4.79 Å². The summed E-state index contributed by atoms with van der Waals surface area (Å²) in [6.07, 6.45) is 5.46. The molecule has 0 spiro atoms. The first kappa shape index (κ1) is 21.6. The van der Waals surface area contributed by atoms with E-state index in [0.717, 1.165) is 50.4 Å². The lowest BCUT2D eigenvalue weighted by Crippen LogP contribution is -2.36. The molecule has 1 aliphatic carbocycles. The van der Waals surface area contributed by atoms with E-state index in [0.29, 0.717) is 23.1 Å². The highest BCUT2D eigenvalue weighted by molar-refractivity contribution is 5.95. The van der Waals surface area contributed by atoms with Gasteiger partial charge < -0.3 is 26.0 Å². The Kier molecular flexibility index (Phi) is 6.87. The number of hydrogen-bond acceptors (Lipinski definition) is 6. The largest absolute Gasteiger partial charge is 0.398 e. The third-order valence-corrected chi connectivity index (χ3v) is 5.41. The number of nitrogens with one attached hydrogen (secondary N) is 2. The highest BCUT2D eigenvalue weighted by Gasteiger charge is 2.23. The second kappa shape index (κ2) is 10.2. The van der Waals surface area contributed by atoms with Crippen molar-refractivity contribution in [1.29, 1.82) is 0 Å². The van der Waals surface area contributed by atoms with E-state index in [9.17, 15) is 4.79 Å². The van der Waals surface area contributed by atoms with Gasteiger partial charge in [0, 0.05) is 48.0 Å². The zero-order valence-corrected chi connectivity index (χ0v) is 18.1. The fraction of sp³-hybridized carbons (Fsp3) is 0.280. The topological polar surface area (TPSA) is 92.0 Å². The highest BCUT2D eigenvalue weighted by atomic mass is 16.5. The summed E-state index contributed by atoms with van der Waals surface area (Å²) in [6, 6.07) is 15.8. The first-order valence-corrected chi connectivity index (χ1v) is 10.9. The number of ether oxygens (including phenoxy) is 1. The van der Waals surface area contributed by atoms with Crippen molar-refractivity contribution >= 4 is 29.2 Å². The van der Waals surface area contributed by atoms with Crippen molar-refractivity contribution in [2.75, 3.05) is 36.5 Å². The molecule has 0 unspecified atom stereocenters. The van der Waals surface area contributed by atoms with Crippen LogP contribution in [0.2, 0.25) is 0 Å². The third-order valence-electron chi connectivity index (χ3n) is 5.41. The molecule has 7 heteroatoms. The van der Waals surface area contributed by atoms with Gasteiger partial charge in [-0.25, -0.2) is 4.99 Å². The summed E-state index contributed by atoms with van der Waals surface area (Å²) < 4.78 is 5.40. The number of nitrogens with two attached hydrogens (primary N) is 1. The van der Waals surface area contributed by atoms with Crippen LogP contribution < -0.4 is 21.3 Å². The fourth-order valence-electron chi connectivity index (χ4n) is 3.39. The molecule has 0 radical (unpaired) electrons. The Morgan fingerprint density at radius 2 is 1.72 bits per heavy atom. The smallest absolute Gasteiger partial charge is 0.251 e. The van der Waals surface area contributed by atoms with Crippen molar-refractivity contribution in [3.8, 4) is 0 Å². The molecule has 7 nitrogen and oxygen atoms in total. The second-order valence-corrected chi connectivity index (χ2v) is 7.94. The minimum Gasteiger partial charge on any atom is -0.398 e. The van der Waals surface area contributed by atoms with Gasteiger partial charge in [0.25, 0.3) is 5.91 Å². The van der Waals surface area contributed by atoms with Crippen LogP contribution in [0.5, 0.6) is 0 Å². The van der Waals surface area contributed by atoms with Crippen LogP contribution in [0.15, 0.2) is 72.0 Å². The predicted molar refractivity (Wildman–Crippen MR) is 130 cm³/mol. The molecule has 1 saturated heterocycles. The first-order chi connectivity index (χ1) is 15.6. The summed E-state index contributed by atoms with van der Waals surface area (Å²) in [5.41, 5.74) is 10.3. The summed E-state index contributed by atoms with van der Waals surface area (Å²) in [6.45, 7) is 7.29. The first-order valence-electron chi connectivity index (χ1n) is 10.9. The van der Waals surface area contributed by atoms with E-state index in [4.69, 9.17) is 10.5 Å². The minimum atomic E-state index is -0.0384. The number of aliphatic imine (C=N–C) groups is 1. The molecule has 4 N–H and O–H groups in total. The van der Waals surface area contributed by atoms with Crippen molar-refractivity contribution in [3.05, 3.63) is 78.1 Å². The third kappa shape index (κ3) is 5.98. The summed E-state index contributed by atoms with van der Waals surface area (Å²) >= 11 is 0. The minimum absolute atomic E-state index is 0.0384. The average Bonchev–Trinajstić information content (AvgIpc) is 3.64. The van der Waals surface area contributed by atoms with Crippen molar-refractivity contribution in [2.45, 2.75) is 18.9 Å². The van der Waals surface area contributed by atoms with Crippen LogP contribution in [0.25, 0.3) is 5.70 Å². The summed E-state index contributed by atoms with van der Waals surface area (Å²) in [4.78, 5) is 18.7. The van der Waals surface area contributed by atoms with Gasteiger partial charge >= 0.3 is 0 Å². The standard InChI is InChI=1S/C25H29N5O2/c1-18(28-21-8-10-23(11-9-21)30-14-16-32-17-15-30)27-13-12-24(26)19-2-4-20(5-3-19)25(31)29-22-6-7-22/h2-5,8-13,22,28H,1,6-7,14-17,26H2,(H,29,31)/b24-12-,27-13?. The highest BCUT2D eigenvalue weighted by Crippen LogP contribution is 2.21. The van der Waals surface area contributed by atoms with Crippen molar-refractivity contribution < 1.29 is 9.53 Å². The van der Waals surface area contributed by atoms with Crippen LogP contribution in [0, 0.1) is 0 Å². The van der Waals surface area contributed by atoms with Crippen LogP contribution in [0.3, 0.4) is 0 Å². The molecule has 2 fully saturated rings. The lowest BCUT2D eigenvalue weighted by molar-refractivity contribution is 0.0951. The Bertz CT molecular complexity index is 1000. The van der Waals surface area contributed by atoms with Crippen LogP contribution in [-0.2, 0) is 4.74 Å². The molecule has 32 heavy (non-hydrogen) atoms. The number of allylic oxidation sites excluding steroid dienone is 1. The van der Waals surface area contributed by atoms with E-state index in [1.54, 1.807) is 24.4 Å². The number of hydrogen-bond donors (Lipinski definition) is 3. The predicted octanol–water partition coefficient (Wildman–Crippen LogP) is 3.37. The molecule has 1 heterocycles. The summed E-state index contributed by atoms with van der Waals surface area (Å²) in [5.74, 6) is 0.476. The number of morpholine rings is 1. The SMILES string of the molecule is C=C(N=C/C=C(\N)c1ccc(C(=O)NC2CC2)cc1)Nc1ccc(N2CCOCC2)cc1. The molecule has 0 atom stereocenters. The van der Waals surface area contributed by atoms with E-state index >= 15 is 0 Å². The number of carbonyl (C=O) groups excluding carboxylic acids is 1. The number of nitrogens with zero attached hydrogens (tertiary/aromatic N) is 2. The van der Waals surface area contributed by atoms with Gasteiger partial charge in [-0.15, -0.1) is 0 Å². The molecular formula is C25H29N5O2. The molecule has 2 aromatic rings. The molecule has 0 aromatic heterocycles. The normalized spacial score (nSPS) is 16.8. The van der Waals surface area contributed by atoms with E-state index < -0.39 is 0 Å². The monoisotopic (exact) mass is 431 g/mol. The van der Waals surface area contributed by atoms with Crippen LogP contribution in [0.1, 0.15) is 28.8 Å². The summed E-state index contributed by atoms with van der Waals surface area (Å²) in [7, 11) is 0. The molecule has 1 amide bonds. The van der Waals surface area contributed by atoms with Crippen molar-refractivity contribution in [1.82, 2.24) is 5.32 Å². The Balaban J connectivity index is 1.28. The number of rotatable bonds is 8. The van der Waals surface area contributed by atoms with Crippen molar-refractivity contribution in [3.63, 3.8) is 0 Å². The number of amides is 1. The van der Waals surface area contributed by atoms with E-state index in [1.807, 2.05) is 24.3 Å². The molecule has 0 bridgehead atoms. The second-order valence-electron chi connectivity index (χ2n) is 7.94. The molecule has 4 rings (SSSR count). The molecule has 166 valence electrons. The van der Waals surface area contributed by atoms with E-state index in [2.05, 4.69) is 39.2 Å². The van der Waals surface area contributed by atoms with Crippen LogP contribution in [-0.4, -0.2) is 44.5 Å². The van der Waals surface area contributed by atoms with E-state index in [1.165, 1.54) is 5.69 Å². The molecular weight excluding hydrogens is 402 g/mol. The Hall–Kier alpha value is -3.58. The lowest BCUT2D eigenvalue weighted by atomic mass is 10.1. The lowest BCUT2D eigenvalue weighted by Gasteiger charge is -2.28. The van der Waals surface area contributed by atoms with Crippen molar-refractivity contribution in [2.24, 2.45) is 10.7 Å². The maximum atomic E-state index is 12.1.